The van der Waals surface area contributed by atoms with Gasteiger partial charge >= 0.3 is 0 Å². The maximum absolute atomic E-state index is 11.9. The van der Waals surface area contributed by atoms with E-state index in [4.69, 9.17) is 40.0 Å². The first-order chi connectivity index (χ1) is 8.53. The number of nitrogens with zero attached hydrogens (tertiary/aromatic N) is 1. The molecule has 0 fully saturated rings. The normalized spacial score (nSPS) is 15.2. The molecular weight excluding hydrogens is 331 g/mol. The number of thioether (sulfide) groups is 1. The van der Waals surface area contributed by atoms with Gasteiger partial charge in [-0.2, -0.15) is 0 Å². The lowest BCUT2D eigenvalue weighted by atomic mass is 9.80. The SMILES string of the molecule is CNC(=O)C(/C(=N/O)SCCC(Cl)(Cl)Cl)C(C)(C)C. The number of oxime groups is 1. The van der Waals surface area contributed by atoms with Gasteiger partial charge in [-0.1, -0.05) is 60.7 Å². The standard InChI is InChI=1S/C11H19Cl3N2O2S/c1-10(2,3)7(8(17)15-4)9(16-18)19-6-5-11(12,13)14/h7,18H,5-6H2,1-4H3,(H,15,17)/b16-9-. The van der Waals surface area contributed by atoms with E-state index in [1.807, 2.05) is 20.8 Å². The molecule has 19 heavy (non-hydrogen) atoms. The third-order valence-corrected chi connectivity index (χ3v) is 3.94. The van der Waals surface area contributed by atoms with Gasteiger partial charge in [0.25, 0.3) is 0 Å². The van der Waals surface area contributed by atoms with Crippen molar-refractivity contribution in [2.45, 2.75) is 31.0 Å². The zero-order valence-electron chi connectivity index (χ0n) is 11.3. The fourth-order valence-corrected chi connectivity index (χ4v) is 3.38. The van der Waals surface area contributed by atoms with E-state index in [1.54, 1.807) is 7.05 Å². The maximum atomic E-state index is 11.9. The molecule has 0 aromatic rings. The molecule has 4 nitrogen and oxygen atoms in total. The summed E-state index contributed by atoms with van der Waals surface area (Å²) < 4.78 is -1.35. The van der Waals surface area contributed by atoms with Crippen LogP contribution >= 0.6 is 46.6 Å². The topological polar surface area (TPSA) is 61.7 Å². The number of amides is 1. The average Bonchev–Trinajstić information content (AvgIpc) is 2.23. The van der Waals surface area contributed by atoms with Crippen LogP contribution in [0.25, 0.3) is 0 Å². The Labute approximate surface area is 133 Å². The van der Waals surface area contributed by atoms with Gasteiger partial charge in [-0.15, -0.1) is 11.8 Å². The molecule has 8 heteroatoms. The van der Waals surface area contributed by atoms with Gasteiger partial charge in [0.1, 0.15) is 5.04 Å². The minimum Gasteiger partial charge on any atom is -0.410 e. The molecule has 0 aliphatic carbocycles. The van der Waals surface area contributed by atoms with Crippen LogP contribution in [0.4, 0.5) is 0 Å². The van der Waals surface area contributed by atoms with Gasteiger partial charge in [0.2, 0.25) is 5.91 Å². The predicted molar refractivity (Wildman–Crippen MR) is 83.6 cm³/mol. The van der Waals surface area contributed by atoms with Crippen LogP contribution in [-0.4, -0.2) is 32.8 Å². The summed E-state index contributed by atoms with van der Waals surface area (Å²) in [7, 11) is 1.54. The number of carbonyl (C=O) groups is 1. The summed E-state index contributed by atoms with van der Waals surface area (Å²) in [6.07, 6.45) is 0.298. The molecule has 0 radical (unpaired) electrons. The third-order valence-electron chi connectivity index (χ3n) is 2.36. The molecule has 0 rings (SSSR count). The summed E-state index contributed by atoms with van der Waals surface area (Å²) in [6.45, 7) is 5.69. The Hall–Kier alpha value is 0.160. The van der Waals surface area contributed by atoms with Crippen LogP contribution in [0, 0.1) is 11.3 Å². The minimum atomic E-state index is -1.35. The molecule has 0 aliphatic rings. The van der Waals surface area contributed by atoms with E-state index in [1.165, 1.54) is 11.8 Å². The Morgan fingerprint density at radius 3 is 2.21 bits per heavy atom. The highest BCUT2D eigenvalue weighted by Crippen LogP contribution is 2.35. The van der Waals surface area contributed by atoms with E-state index in [-0.39, 0.29) is 11.3 Å². The van der Waals surface area contributed by atoms with Crippen molar-refractivity contribution in [2.75, 3.05) is 12.8 Å². The summed E-state index contributed by atoms with van der Waals surface area (Å²) in [5.74, 6) is -0.316. The van der Waals surface area contributed by atoms with Crippen LogP contribution in [0.5, 0.6) is 0 Å². The Kier molecular flexibility index (Phi) is 7.88. The first-order valence-corrected chi connectivity index (χ1v) is 7.78. The molecule has 0 spiro atoms. The highest BCUT2D eigenvalue weighted by Gasteiger charge is 2.36. The van der Waals surface area contributed by atoms with Crippen molar-refractivity contribution in [3.8, 4) is 0 Å². The Bertz CT molecular complexity index is 338. The Morgan fingerprint density at radius 1 is 1.37 bits per heavy atom. The van der Waals surface area contributed by atoms with E-state index in [9.17, 15) is 4.79 Å². The molecule has 0 aromatic heterocycles. The summed E-state index contributed by atoms with van der Waals surface area (Å²) in [4.78, 5) is 11.9. The molecule has 1 atom stereocenters. The Balaban J connectivity index is 4.84. The fraction of sp³-hybridized carbons (Fsp3) is 0.818. The molecule has 0 aromatic carbocycles. The molecule has 0 heterocycles. The molecule has 112 valence electrons. The van der Waals surface area contributed by atoms with Gasteiger partial charge in [-0.05, 0) is 5.41 Å². The second-order valence-corrected chi connectivity index (χ2v) is 8.70. The molecule has 1 unspecified atom stereocenters. The summed E-state index contributed by atoms with van der Waals surface area (Å²) in [6, 6.07) is 0. The highest BCUT2D eigenvalue weighted by molar-refractivity contribution is 8.14. The van der Waals surface area contributed by atoms with Crippen LogP contribution in [-0.2, 0) is 4.79 Å². The number of nitrogens with one attached hydrogen (secondary N) is 1. The fourth-order valence-electron chi connectivity index (χ4n) is 1.46. The van der Waals surface area contributed by atoms with Crippen LogP contribution in [0.3, 0.4) is 0 Å². The van der Waals surface area contributed by atoms with Crippen molar-refractivity contribution in [3.05, 3.63) is 0 Å². The van der Waals surface area contributed by atoms with Gasteiger partial charge < -0.3 is 10.5 Å². The van der Waals surface area contributed by atoms with Crippen molar-refractivity contribution in [1.82, 2.24) is 5.32 Å². The van der Waals surface area contributed by atoms with Crippen molar-refractivity contribution >= 4 is 57.5 Å². The zero-order chi connectivity index (χ0) is 15.3. The molecule has 2 N–H and O–H groups in total. The largest absolute Gasteiger partial charge is 0.410 e. The van der Waals surface area contributed by atoms with Gasteiger partial charge in [-0.3, -0.25) is 4.79 Å². The summed E-state index contributed by atoms with van der Waals surface area (Å²) in [5, 5.41) is 15.2. The maximum Gasteiger partial charge on any atom is 0.230 e. The Morgan fingerprint density at radius 2 is 1.89 bits per heavy atom. The number of rotatable bonds is 4. The number of halogens is 3. The van der Waals surface area contributed by atoms with Crippen molar-refractivity contribution in [1.29, 1.82) is 0 Å². The quantitative estimate of drug-likeness (QED) is 0.267. The van der Waals surface area contributed by atoms with Crippen molar-refractivity contribution < 1.29 is 10.0 Å². The zero-order valence-corrected chi connectivity index (χ0v) is 14.4. The average molecular weight is 350 g/mol. The minimum absolute atomic E-state index is 0.207. The number of carbonyl (C=O) groups excluding carboxylic acids is 1. The second-order valence-electron chi connectivity index (χ2n) is 5.07. The summed E-state index contributed by atoms with van der Waals surface area (Å²) >= 11 is 18.2. The highest BCUT2D eigenvalue weighted by atomic mass is 35.6. The van der Waals surface area contributed by atoms with Gasteiger partial charge in [0.05, 0.1) is 5.92 Å². The lowest BCUT2D eigenvalue weighted by molar-refractivity contribution is -0.124. The second kappa shape index (κ2) is 7.81. The van der Waals surface area contributed by atoms with E-state index < -0.39 is 9.71 Å². The van der Waals surface area contributed by atoms with Crippen LogP contribution in [0.2, 0.25) is 0 Å². The molecule has 0 bridgehead atoms. The van der Waals surface area contributed by atoms with Gasteiger partial charge in [-0.25, -0.2) is 0 Å². The summed E-state index contributed by atoms with van der Waals surface area (Å²) in [5.41, 5.74) is -0.380. The number of hydrogen-bond acceptors (Lipinski definition) is 4. The van der Waals surface area contributed by atoms with E-state index in [2.05, 4.69) is 10.5 Å². The molecule has 0 saturated heterocycles. The van der Waals surface area contributed by atoms with Crippen molar-refractivity contribution in [3.63, 3.8) is 0 Å². The molecule has 1 amide bonds. The van der Waals surface area contributed by atoms with Crippen LogP contribution in [0.1, 0.15) is 27.2 Å². The number of alkyl halides is 3. The number of hydrogen-bond donors (Lipinski definition) is 2. The first kappa shape index (κ1) is 19.2. The smallest absolute Gasteiger partial charge is 0.230 e. The van der Waals surface area contributed by atoms with Crippen LogP contribution in [0.15, 0.2) is 5.16 Å². The first-order valence-electron chi connectivity index (χ1n) is 5.66. The molecule has 0 saturated carbocycles. The van der Waals surface area contributed by atoms with Gasteiger partial charge in [0.15, 0.2) is 3.79 Å². The lowest BCUT2D eigenvalue weighted by Crippen LogP contribution is -2.40. The third kappa shape index (κ3) is 7.49. The lowest BCUT2D eigenvalue weighted by Gasteiger charge is -2.29. The van der Waals surface area contributed by atoms with Crippen LogP contribution < -0.4 is 5.32 Å². The molecule has 0 aliphatic heterocycles. The van der Waals surface area contributed by atoms with Crippen molar-refractivity contribution in [2.24, 2.45) is 16.5 Å². The van der Waals surface area contributed by atoms with Gasteiger partial charge in [0, 0.05) is 19.2 Å². The predicted octanol–water partition coefficient (Wildman–Crippen LogP) is 3.68. The van der Waals surface area contributed by atoms with E-state index in [0.717, 1.165) is 0 Å². The van der Waals surface area contributed by atoms with E-state index >= 15 is 0 Å². The van der Waals surface area contributed by atoms with E-state index in [0.29, 0.717) is 17.2 Å². The monoisotopic (exact) mass is 348 g/mol. The molecular formula is C11H19Cl3N2O2S.